The molecule has 0 spiro atoms. The molecule has 0 amide bonds. The molecule has 0 aliphatic heterocycles. The Balaban J connectivity index is 1.71. The van der Waals surface area contributed by atoms with Crippen molar-refractivity contribution in [3.8, 4) is 23.0 Å². The highest BCUT2D eigenvalue weighted by atomic mass is 16.6. The summed E-state index contributed by atoms with van der Waals surface area (Å²) in [6.07, 6.45) is -0.690. The summed E-state index contributed by atoms with van der Waals surface area (Å²) in [7, 11) is 3.15. The van der Waals surface area contributed by atoms with Gasteiger partial charge >= 0.3 is 5.97 Å². The second-order valence-corrected chi connectivity index (χ2v) is 5.91. The quantitative estimate of drug-likeness (QED) is 0.609. The Kier molecular flexibility index (Phi) is 5.40. The number of hydrogen-bond donors (Lipinski definition) is 0. The number of methoxy groups -OCH3 is 2. The summed E-state index contributed by atoms with van der Waals surface area (Å²) in [6, 6.07) is 12.3. The first kappa shape index (κ1) is 18.4. The van der Waals surface area contributed by atoms with Gasteiger partial charge in [-0.3, -0.25) is 0 Å². The van der Waals surface area contributed by atoms with Gasteiger partial charge in [-0.1, -0.05) is 6.07 Å². The van der Waals surface area contributed by atoms with Gasteiger partial charge in [-0.25, -0.2) is 4.79 Å². The Morgan fingerprint density at radius 1 is 1.04 bits per heavy atom. The van der Waals surface area contributed by atoms with Crippen LogP contribution in [0.2, 0.25) is 0 Å². The molecule has 0 radical (unpaired) electrons. The molecule has 27 heavy (non-hydrogen) atoms. The van der Waals surface area contributed by atoms with E-state index in [0.717, 1.165) is 16.9 Å². The van der Waals surface area contributed by atoms with Gasteiger partial charge in [-0.2, -0.15) is 0 Å². The normalized spacial score (nSPS) is 11.7. The zero-order valence-corrected chi connectivity index (χ0v) is 15.6. The standard InChI is InChI=1S/C20H20N2O5/c1-12-5-6-15(11-17(12)25-4)20(23)26-13(2)18-21-22-19(27-18)14-7-9-16(24-3)10-8-14/h5-11,13H,1-4H3/t13-/m0/s1. The number of rotatable bonds is 6. The summed E-state index contributed by atoms with van der Waals surface area (Å²) >= 11 is 0. The maximum atomic E-state index is 12.4. The third-order valence-electron chi connectivity index (χ3n) is 4.05. The molecular formula is C20H20N2O5. The minimum atomic E-state index is -0.690. The topological polar surface area (TPSA) is 83.7 Å². The van der Waals surface area contributed by atoms with Crippen molar-refractivity contribution in [2.45, 2.75) is 20.0 Å². The van der Waals surface area contributed by atoms with Crippen molar-refractivity contribution in [1.82, 2.24) is 10.2 Å². The number of ether oxygens (including phenoxy) is 3. The summed E-state index contributed by atoms with van der Waals surface area (Å²) in [5, 5.41) is 7.99. The molecule has 140 valence electrons. The van der Waals surface area contributed by atoms with Crippen LogP contribution in [0.5, 0.6) is 11.5 Å². The van der Waals surface area contributed by atoms with Crippen molar-refractivity contribution in [2.24, 2.45) is 0 Å². The molecule has 1 atom stereocenters. The van der Waals surface area contributed by atoms with E-state index in [1.807, 2.05) is 19.1 Å². The molecule has 0 aliphatic carbocycles. The van der Waals surface area contributed by atoms with Crippen LogP contribution >= 0.6 is 0 Å². The summed E-state index contributed by atoms with van der Waals surface area (Å²) in [6.45, 7) is 3.57. The lowest BCUT2D eigenvalue weighted by molar-refractivity contribution is 0.0279. The van der Waals surface area contributed by atoms with Gasteiger partial charge in [0.25, 0.3) is 5.89 Å². The number of esters is 1. The van der Waals surface area contributed by atoms with E-state index in [1.165, 1.54) is 0 Å². The molecule has 0 unspecified atom stereocenters. The average Bonchev–Trinajstić information content (AvgIpc) is 3.18. The molecule has 0 fully saturated rings. The smallest absolute Gasteiger partial charge is 0.339 e. The Hall–Kier alpha value is -3.35. The lowest BCUT2D eigenvalue weighted by Crippen LogP contribution is -2.10. The number of hydrogen-bond acceptors (Lipinski definition) is 7. The molecule has 0 saturated carbocycles. The highest BCUT2D eigenvalue weighted by Gasteiger charge is 2.20. The minimum absolute atomic E-state index is 0.216. The van der Waals surface area contributed by atoms with E-state index in [9.17, 15) is 4.79 Å². The fraction of sp³-hybridized carbons (Fsp3) is 0.250. The summed E-state index contributed by atoms with van der Waals surface area (Å²) in [5.41, 5.74) is 2.07. The lowest BCUT2D eigenvalue weighted by atomic mass is 10.1. The molecule has 7 heteroatoms. The second-order valence-electron chi connectivity index (χ2n) is 5.91. The van der Waals surface area contributed by atoms with Crippen molar-refractivity contribution in [2.75, 3.05) is 14.2 Å². The van der Waals surface area contributed by atoms with Crippen LogP contribution < -0.4 is 9.47 Å². The molecule has 1 heterocycles. The van der Waals surface area contributed by atoms with Crippen molar-refractivity contribution in [1.29, 1.82) is 0 Å². The fourth-order valence-corrected chi connectivity index (χ4v) is 2.48. The van der Waals surface area contributed by atoms with Gasteiger partial charge in [-0.15, -0.1) is 10.2 Å². The predicted octanol–water partition coefficient (Wildman–Crippen LogP) is 3.98. The van der Waals surface area contributed by atoms with E-state index in [1.54, 1.807) is 51.5 Å². The first-order chi connectivity index (χ1) is 13.0. The van der Waals surface area contributed by atoms with E-state index in [4.69, 9.17) is 18.6 Å². The first-order valence-electron chi connectivity index (χ1n) is 8.35. The van der Waals surface area contributed by atoms with Crippen LogP contribution in [0.15, 0.2) is 46.9 Å². The van der Waals surface area contributed by atoms with Gasteiger partial charge in [-0.05, 0) is 55.8 Å². The summed E-state index contributed by atoms with van der Waals surface area (Å²) in [5.74, 6) is 1.41. The zero-order chi connectivity index (χ0) is 19.4. The summed E-state index contributed by atoms with van der Waals surface area (Å²) in [4.78, 5) is 12.4. The van der Waals surface area contributed by atoms with Gasteiger partial charge in [0.15, 0.2) is 6.10 Å². The summed E-state index contributed by atoms with van der Waals surface area (Å²) < 4.78 is 21.4. The third-order valence-corrected chi connectivity index (χ3v) is 4.05. The van der Waals surface area contributed by atoms with E-state index in [2.05, 4.69) is 10.2 Å². The Bertz CT molecular complexity index is 934. The monoisotopic (exact) mass is 368 g/mol. The SMILES string of the molecule is COc1ccc(-c2nnc([C@H](C)OC(=O)c3ccc(C)c(OC)c3)o2)cc1. The van der Waals surface area contributed by atoms with Crippen LogP contribution in [0, 0.1) is 6.92 Å². The molecule has 3 aromatic rings. The fourth-order valence-electron chi connectivity index (χ4n) is 2.48. The van der Waals surface area contributed by atoms with Crippen LogP contribution in [-0.2, 0) is 4.74 Å². The number of benzene rings is 2. The highest BCUT2D eigenvalue weighted by Crippen LogP contribution is 2.25. The van der Waals surface area contributed by atoms with Crippen LogP contribution in [-0.4, -0.2) is 30.4 Å². The van der Waals surface area contributed by atoms with Gasteiger partial charge in [0.1, 0.15) is 11.5 Å². The van der Waals surface area contributed by atoms with Crippen molar-refractivity contribution in [3.63, 3.8) is 0 Å². The number of carbonyl (C=O) groups excluding carboxylic acids is 1. The van der Waals surface area contributed by atoms with Crippen LogP contribution in [0.3, 0.4) is 0 Å². The molecule has 0 aliphatic rings. The lowest BCUT2D eigenvalue weighted by Gasteiger charge is -2.11. The Morgan fingerprint density at radius 2 is 1.78 bits per heavy atom. The first-order valence-corrected chi connectivity index (χ1v) is 8.35. The molecule has 7 nitrogen and oxygen atoms in total. The van der Waals surface area contributed by atoms with Crippen LogP contribution in [0.4, 0.5) is 0 Å². The van der Waals surface area contributed by atoms with E-state index in [-0.39, 0.29) is 5.89 Å². The number of aromatic nitrogens is 2. The molecule has 0 N–H and O–H groups in total. The van der Waals surface area contributed by atoms with Crippen molar-refractivity contribution >= 4 is 5.97 Å². The Morgan fingerprint density at radius 3 is 2.44 bits per heavy atom. The molecular weight excluding hydrogens is 348 g/mol. The van der Waals surface area contributed by atoms with Crippen LogP contribution in [0.1, 0.15) is 34.8 Å². The Labute approximate surface area is 156 Å². The largest absolute Gasteiger partial charge is 0.497 e. The maximum absolute atomic E-state index is 12.4. The molecule has 0 saturated heterocycles. The van der Waals surface area contributed by atoms with Crippen molar-refractivity contribution in [3.05, 3.63) is 59.5 Å². The maximum Gasteiger partial charge on any atom is 0.339 e. The van der Waals surface area contributed by atoms with Gasteiger partial charge in [0, 0.05) is 5.56 Å². The molecule has 2 aromatic carbocycles. The van der Waals surface area contributed by atoms with Gasteiger partial charge < -0.3 is 18.6 Å². The zero-order valence-electron chi connectivity index (χ0n) is 15.6. The predicted molar refractivity (Wildman–Crippen MR) is 97.8 cm³/mol. The highest BCUT2D eigenvalue weighted by molar-refractivity contribution is 5.90. The van der Waals surface area contributed by atoms with Gasteiger partial charge in [0.05, 0.1) is 19.8 Å². The average molecular weight is 368 g/mol. The second kappa shape index (κ2) is 7.90. The van der Waals surface area contributed by atoms with E-state index >= 15 is 0 Å². The number of aryl methyl sites for hydroxylation is 1. The number of carbonyl (C=O) groups is 1. The minimum Gasteiger partial charge on any atom is -0.497 e. The van der Waals surface area contributed by atoms with E-state index < -0.39 is 12.1 Å². The molecule has 1 aromatic heterocycles. The van der Waals surface area contributed by atoms with E-state index in [0.29, 0.717) is 17.2 Å². The van der Waals surface area contributed by atoms with Gasteiger partial charge in [0.2, 0.25) is 5.89 Å². The van der Waals surface area contributed by atoms with Crippen LogP contribution in [0.25, 0.3) is 11.5 Å². The third kappa shape index (κ3) is 4.08. The molecule has 0 bridgehead atoms. The molecule has 3 rings (SSSR count). The number of nitrogens with zero attached hydrogens (tertiary/aromatic N) is 2. The van der Waals surface area contributed by atoms with Crippen molar-refractivity contribution < 1.29 is 23.4 Å².